The van der Waals surface area contributed by atoms with Crippen molar-refractivity contribution in [3.05, 3.63) is 21.9 Å². The Morgan fingerprint density at radius 1 is 1.28 bits per heavy atom. The first-order valence-corrected chi connectivity index (χ1v) is 9.92. The van der Waals surface area contributed by atoms with Crippen molar-refractivity contribution < 1.29 is 14.3 Å². The Morgan fingerprint density at radius 2 is 2.08 bits per heavy atom. The fraction of sp³-hybridized carbons (Fsp3) is 0.667. The van der Waals surface area contributed by atoms with Gasteiger partial charge in [0.25, 0.3) is 0 Å². The van der Waals surface area contributed by atoms with Crippen LogP contribution in [0, 0.1) is 0 Å². The first-order chi connectivity index (χ1) is 12.1. The van der Waals surface area contributed by atoms with Crippen molar-refractivity contribution in [2.45, 2.75) is 38.8 Å². The van der Waals surface area contributed by atoms with Crippen LogP contribution in [0.25, 0.3) is 0 Å². The molecule has 1 aromatic heterocycles. The van der Waals surface area contributed by atoms with Crippen LogP contribution in [0.15, 0.2) is 11.4 Å². The van der Waals surface area contributed by atoms with Gasteiger partial charge in [-0.1, -0.05) is 0 Å². The maximum Gasteiger partial charge on any atom is 0.223 e. The maximum atomic E-state index is 12.4. The van der Waals surface area contributed by atoms with Crippen molar-refractivity contribution in [3.8, 4) is 0 Å². The lowest BCUT2D eigenvalue weighted by Gasteiger charge is -2.29. The van der Waals surface area contributed by atoms with Gasteiger partial charge >= 0.3 is 0 Å². The number of hydrogen-bond donors (Lipinski definition) is 1. The van der Waals surface area contributed by atoms with Gasteiger partial charge in [-0.15, -0.1) is 11.3 Å². The maximum absolute atomic E-state index is 12.4. The average Bonchev–Trinajstić information content (AvgIpc) is 3.08. The number of fused-ring (bicyclic) bond motifs is 1. The Morgan fingerprint density at radius 3 is 2.88 bits per heavy atom. The SMILES string of the molecule is CC(CN1CCOCC1)NC(=O)CCC(=O)N1CCc2sccc2C1. The van der Waals surface area contributed by atoms with Crippen LogP contribution in [0.3, 0.4) is 0 Å². The Hall–Kier alpha value is -1.44. The van der Waals surface area contributed by atoms with Gasteiger partial charge in [-0.25, -0.2) is 0 Å². The highest BCUT2D eigenvalue weighted by atomic mass is 32.1. The molecule has 2 aliphatic rings. The van der Waals surface area contributed by atoms with Crippen LogP contribution in [0.2, 0.25) is 0 Å². The highest BCUT2D eigenvalue weighted by Gasteiger charge is 2.22. The van der Waals surface area contributed by atoms with Gasteiger partial charge in [0.15, 0.2) is 0 Å². The molecule has 2 amide bonds. The van der Waals surface area contributed by atoms with E-state index in [0.29, 0.717) is 6.54 Å². The molecular formula is C18H27N3O3S. The smallest absolute Gasteiger partial charge is 0.223 e. The lowest BCUT2D eigenvalue weighted by molar-refractivity contribution is -0.134. The number of nitrogens with zero attached hydrogens (tertiary/aromatic N) is 2. The van der Waals surface area contributed by atoms with Crippen LogP contribution in [-0.2, 0) is 27.3 Å². The Labute approximate surface area is 153 Å². The van der Waals surface area contributed by atoms with Crippen LogP contribution in [0.1, 0.15) is 30.2 Å². The molecule has 1 aromatic rings. The summed E-state index contributed by atoms with van der Waals surface area (Å²) in [5.74, 6) is 0.0372. The van der Waals surface area contributed by atoms with Crippen molar-refractivity contribution in [2.24, 2.45) is 0 Å². The molecular weight excluding hydrogens is 338 g/mol. The molecule has 0 radical (unpaired) electrons. The molecule has 25 heavy (non-hydrogen) atoms. The minimum Gasteiger partial charge on any atom is -0.379 e. The van der Waals surface area contributed by atoms with Crippen LogP contribution >= 0.6 is 11.3 Å². The standard InChI is InChI=1S/C18H27N3O3S/c1-14(12-20-7-9-24-10-8-20)19-17(22)2-3-18(23)21-6-4-16-15(13-21)5-11-25-16/h5,11,14H,2-4,6-10,12-13H2,1H3,(H,19,22). The van der Waals surface area contributed by atoms with Crippen molar-refractivity contribution >= 4 is 23.2 Å². The number of carbonyl (C=O) groups excluding carboxylic acids is 2. The molecule has 7 heteroatoms. The Bertz CT molecular complexity index is 598. The molecule has 1 atom stereocenters. The minimum absolute atomic E-state index is 0.0395. The molecule has 1 saturated heterocycles. The van der Waals surface area contributed by atoms with Crippen molar-refractivity contribution in [1.82, 2.24) is 15.1 Å². The summed E-state index contributed by atoms with van der Waals surface area (Å²) in [4.78, 5) is 30.0. The average molecular weight is 365 g/mol. The molecule has 1 fully saturated rings. The van der Waals surface area contributed by atoms with Crippen molar-refractivity contribution in [1.29, 1.82) is 0 Å². The molecule has 0 saturated carbocycles. The van der Waals surface area contributed by atoms with Gasteiger partial charge in [0.05, 0.1) is 13.2 Å². The first kappa shape index (κ1) is 18.4. The van der Waals surface area contributed by atoms with E-state index in [1.165, 1.54) is 10.4 Å². The summed E-state index contributed by atoms with van der Waals surface area (Å²) in [6.07, 6.45) is 1.48. The van der Waals surface area contributed by atoms with E-state index in [1.807, 2.05) is 11.8 Å². The summed E-state index contributed by atoms with van der Waals surface area (Å²) in [7, 11) is 0. The number of amides is 2. The number of thiophene rings is 1. The largest absolute Gasteiger partial charge is 0.379 e. The summed E-state index contributed by atoms with van der Waals surface area (Å²) in [6, 6.07) is 2.18. The Balaban J connectivity index is 1.36. The van der Waals surface area contributed by atoms with E-state index in [2.05, 4.69) is 21.7 Å². The number of nitrogens with one attached hydrogen (secondary N) is 1. The van der Waals surface area contributed by atoms with Gasteiger partial charge < -0.3 is 15.0 Å². The highest BCUT2D eigenvalue weighted by Crippen LogP contribution is 2.24. The molecule has 6 nitrogen and oxygen atoms in total. The predicted octanol–water partition coefficient (Wildman–Crippen LogP) is 1.25. The second-order valence-corrected chi connectivity index (χ2v) is 7.82. The molecule has 0 aliphatic carbocycles. The van der Waals surface area contributed by atoms with Crippen LogP contribution in [0.4, 0.5) is 0 Å². The van der Waals surface area contributed by atoms with E-state index in [1.54, 1.807) is 11.3 Å². The summed E-state index contributed by atoms with van der Waals surface area (Å²) < 4.78 is 5.33. The van der Waals surface area contributed by atoms with Crippen molar-refractivity contribution in [2.75, 3.05) is 39.4 Å². The summed E-state index contributed by atoms with van der Waals surface area (Å²) in [6.45, 7) is 7.65. The summed E-state index contributed by atoms with van der Waals surface area (Å²) in [5.41, 5.74) is 1.26. The molecule has 2 aliphatic heterocycles. The van der Waals surface area contributed by atoms with E-state index in [4.69, 9.17) is 4.74 Å². The fourth-order valence-corrected chi connectivity index (χ4v) is 4.29. The second-order valence-electron chi connectivity index (χ2n) is 6.82. The van der Waals surface area contributed by atoms with Gasteiger partial charge in [0.2, 0.25) is 11.8 Å². The number of ether oxygens (including phenoxy) is 1. The van der Waals surface area contributed by atoms with Gasteiger partial charge in [0, 0.05) is 56.5 Å². The van der Waals surface area contributed by atoms with Gasteiger partial charge in [0.1, 0.15) is 0 Å². The number of rotatable bonds is 6. The zero-order valence-corrected chi connectivity index (χ0v) is 15.6. The van der Waals surface area contributed by atoms with Crippen LogP contribution in [0.5, 0.6) is 0 Å². The Kier molecular flexibility index (Phi) is 6.45. The molecule has 138 valence electrons. The van der Waals surface area contributed by atoms with E-state index in [0.717, 1.165) is 45.8 Å². The number of carbonyl (C=O) groups is 2. The fourth-order valence-electron chi connectivity index (χ4n) is 3.40. The van der Waals surface area contributed by atoms with E-state index in [-0.39, 0.29) is 30.7 Å². The molecule has 1 N–H and O–H groups in total. The second kappa shape index (κ2) is 8.78. The minimum atomic E-state index is -0.0395. The van der Waals surface area contributed by atoms with Gasteiger partial charge in [-0.3, -0.25) is 14.5 Å². The van der Waals surface area contributed by atoms with Crippen LogP contribution in [-0.4, -0.2) is 67.0 Å². The summed E-state index contributed by atoms with van der Waals surface area (Å²) >= 11 is 1.76. The number of morpholine rings is 1. The topological polar surface area (TPSA) is 61.9 Å². The molecule has 0 bridgehead atoms. The molecule has 0 aromatic carbocycles. The summed E-state index contributed by atoms with van der Waals surface area (Å²) in [5, 5.41) is 5.09. The molecule has 0 spiro atoms. The van der Waals surface area contributed by atoms with Gasteiger partial charge in [-0.2, -0.15) is 0 Å². The number of hydrogen-bond acceptors (Lipinski definition) is 5. The molecule has 1 unspecified atom stereocenters. The lowest BCUT2D eigenvalue weighted by Crippen LogP contribution is -2.46. The predicted molar refractivity (Wildman–Crippen MR) is 97.5 cm³/mol. The monoisotopic (exact) mass is 365 g/mol. The van der Waals surface area contributed by atoms with Gasteiger partial charge in [-0.05, 0) is 30.4 Å². The molecule has 3 rings (SSSR count). The van der Waals surface area contributed by atoms with Crippen molar-refractivity contribution in [3.63, 3.8) is 0 Å². The highest BCUT2D eigenvalue weighted by molar-refractivity contribution is 7.10. The van der Waals surface area contributed by atoms with E-state index < -0.39 is 0 Å². The third-order valence-corrected chi connectivity index (χ3v) is 5.79. The quantitative estimate of drug-likeness (QED) is 0.824. The normalized spacial score (nSPS) is 19.3. The van der Waals surface area contributed by atoms with Crippen LogP contribution < -0.4 is 5.32 Å². The first-order valence-electron chi connectivity index (χ1n) is 9.04. The lowest BCUT2D eigenvalue weighted by atomic mass is 10.1. The van der Waals surface area contributed by atoms with E-state index in [9.17, 15) is 9.59 Å². The van der Waals surface area contributed by atoms with E-state index >= 15 is 0 Å². The third-order valence-electron chi connectivity index (χ3n) is 4.77. The third kappa shape index (κ3) is 5.26. The molecule has 3 heterocycles. The zero-order valence-electron chi connectivity index (χ0n) is 14.8. The zero-order chi connectivity index (χ0) is 17.6.